The summed E-state index contributed by atoms with van der Waals surface area (Å²) in [5, 5.41) is 19.0. The number of carbonyl (C=O) groups is 2. The van der Waals surface area contributed by atoms with Crippen molar-refractivity contribution < 1.29 is 24.0 Å². The highest BCUT2D eigenvalue weighted by molar-refractivity contribution is 5.96. The maximum absolute atomic E-state index is 13.1. The van der Waals surface area contributed by atoms with Crippen LogP contribution in [0.3, 0.4) is 0 Å². The molecule has 0 atom stereocenters. The number of aliphatic carboxylic acids is 1. The number of non-ortho nitro benzene ring substituents is 1. The number of nitro benzene ring substituents is 1. The fraction of sp³-hybridized carbons (Fsp3) is 0.200. The van der Waals surface area contributed by atoms with Crippen LogP contribution in [-0.4, -0.2) is 40.4 Å². The third-order valence-electron chi connectivity index (χ3n) is 2.06. The predicted molar refractivity (Wildman–Crippen MR) is 57.7 cm³/mol. The lowest BCUT2D eigenvalue weighted by molar-refractivity contribution is -0.385. The van der Waals surface area contributed by atoms with Crippen molar-refractivity contribution in [2.24, 2.45) is 0 Å². The van der Waals surface area contributed by atoms with E-state index in [1.54, 1.807) is 0 Å². The Kier molecular flexibility index (Phi) is 3.93. The van der Waals surface area contributed by atoms with Gasteiger partial charge in [0.2, 0.25) is 0 Å². The Morgan fingerprint density at radius 1 is 1.44 bits per heavy atom. The molecule has 1 amide bonds. The van der Waals surface area contributed by atoms with Crippen molar-refractivity contribution >= 4 is 17.6 Å². The van der Waals surface area contributed by atoms with Crippen molar-refractivity contribution in [1.82, 2.24) is 4.90 Å². The number of carboxylic acid groups (broad SMARTS) is 1. The molecule has 0 unspecified atom stereocenters. The first-order valence-corrected chi connectivity index (χ1v) is 4.73. The molecule has 7 nitrogen and oxygen atoms in total. The summed E-state index contributed by atoms with van der Waals surface area (Å²) in [6.07, 6.45) is 0. The van der Waals surface area contributed by atoms with Gasteiger partial charge < -0.3 is 10.0 Å². The number of carbonyl (C=O) groups excluding carboxylic acids is 1. The molecule has 18 heavy (non-hydrogen) atoms. The molecule has 0 saturated heterocycles. The van der Waals surface area contributed by atoms with Crippen molar-refractivity contribution in [2.45, 2.75) is 0 Å². The van der Waals surface area contributed by atoms with E-state index in [2.05, 4.69) is 0 Å². The second kappa shape index (κ2) is 5.21. The molecule has 96 valence electrons. The van der Waals surface area contributed by atoms with Gasteiger partial charge in [-0.2, -0.15) is 0 Å². The quantitative estimate of drug-likeness (QED) is 0.636. The van der Waals surface area contributed by atoms with E-state index in [4.69, 9.17) is 5.11 Å². The van der Waals surface area contributed by atoms with E-state index < -0.39 is 34.8 Å². The molecule has 1 N–H and O–H groups in total. The Bertz CT molecular complexity index is 517. The maximum Gasteiger partial charge on any atom is 0.323 e. The summed E-state index contributed by atoms with van der Waals surface area (Å²) in [4.78, 5) is 32.6. The smallest absolute Gasteiger partial charge is 0.323 e. The van der Waals surface area contributed by atoms with E-state index in [1.165, 1.54) is 7.05 Å². The zero-order chi connectivity index (χ0) is 13.9. The molecule has 1 aromatic carbocycles. The normalized spacial score (nSPS) is 9.89. The lowest BCUT2D eigenvalue weighted by Crippen LogP contribution is -2.32. The Labute approximate surface area is 101 Å². The summed E-state index contributed by atoms with van der Waals surface area (Å²) >= 11 is 0. The minimum absolute atomic E-state index is 0.273. The van der Waals surface area contributed by atoms with Crippen LogP contribution in [0.15, 0.2) is 18.2 Å². The topological polar surface area (TPSA) is 101 Å². The lowest BCUT2D eigenvalue weighted by atomic mass is 10.1. The van der Waals surface area contributed by atoms with Crippen LogP contribution in [0.2, 0.25) is 0 Å². The summed E-state index contributed by atoms with van der Waals surface area (Å²) in [7, 11) is 1.20. The van der Waals surface area contributed by atoms with Crippen LogP contribution in [0.4, 0.5) is 10.1 Å². The van der Waals surface area contributed by atoms with Crippen LogP contribution in [0.25, 0.3) is 0 Å². The molecule has 0 radical (unpaired) electrons. The Morgan fingerprint density at radius 3 is 2.56 bits per heavy atom. The number of benzene rings is 1. The zero-order valence-corrected chi connectivity index (χ0v) is 9.29. The second-order valence-electron chi connectivity index (χ2n) is 3.51. The van der Waals surface area contributed by atoms with Crippen LogP contribution in [0, 0.1) is 15.9 Å². The van der Waals surface area contributed by atoms with Crippen molar-refractivity contribution in [3.63, 3.8) is 0 Å². The number of amides is 1. The van der Waals surface area contributed by atoms with Gasteiger partial charge in [0.1, 0.15) is 12.4 Å². The molecule has 8 heteroatoms. The average Bonchev–Trinajstić information content (AvgIpc) is 2.26. The third kappa shape index (κ3) is 3.24. The first kappa shape index (κ1) is 13.6. The van der Waals surface area contributed by atoms with Crippen LogP contribution in [0.5, 0.6) is 0 Å². The monoisotopic (exact) mass is 256 g/mol. The molecule has 0 fully saturated rings. The number of hydrogen-bond donors (Lipinski definition) is 1. The van der Waals surface area contributed by atoms with Crippen molar-refractivity contribution in [3.8, 4) is 0 Å². The molecule has 1 aromatic rings. The molecule has 0 aliphatic carbocycles. The third-order valence-corrected chi connectivity index (χ3v) is 2.06. The molecule has 0 bridgehead atoms. The fourth-order valence-corrected chi connectivity index (χ4v) is 1.30. The van der Waals surface area contributed by atoms with Gasteiger partial charge in [-0.3, -0.25) is 19.7 Å². The minimum atomic E-state index is -1.24. The summed E-state index contributed by atoms with van der Waals surface area (Å²) in [5.41, 5.74) is -0.840. The predicted octanol–water partition coefficient (Wildman–Crippen LogP) is 0.891. The van der Waals surface area contributed by atoms with Crippen molar-refractivity contribution in [2.75, 3.05) is 13.6 Å². The van der Waals surface area contributed by atoms with Crippen LogP contribution < -0.4 is 0 Å². The van der Waals surface area contributed by atoms with E-state index in [-0.39, 0.29) is 5.56 Å². The van der Waals surface area contributed by atoms with Crippen LogP contribution >= 0.6 is 0 Å². The number of nitrogens with zero attached hydrogens (tertiary/aromatic N) is 2. The van der Waals surface area contributed by atoms with Crippen LogP contribution in [-0.2, 0) is 4.79 Å². The molecule has 0 aliphatic heterocycles. The highest BCUT2D eigenvalue weighted by Gasteiger charge is 2.18. The molecular formula is C10H9FN2O5. The Balaban J connectivity index is 3.05. The fourth-order valence-electron chi connectivity index (χ4n) is 1.30. The van der Waals surface area contributed by atoms with Crippen molar-refractivity contribution in [3.05, 3.63) is 39.7 Å². The Morgan fingerprint density at radius 2 is 2.06 bits per heavy atom. The van der Waals surface area contributed by atoms with E-state index in [0.29, 0.717) is 6.07 Å². The van der Waals surface area contributed by atoms with E-state index in [9.17, 15) is 24.1 Å². The van der Waals surface area contributed by atoms with Gasteiger partial charge in [-0.1, -0.05) is 0 Å². The standard InChI is InChI=1S/C10H9FN2O5/c1-12(5-9(14)15)10(16)6-2-7(11)4-8(3-6)13(17)18/h2-4H,5H2,1H3,(H,14,15). The summed E-state index contributed by atoms with van der Waals surface area (Å²) in [6.45, 7) is -0.580. The summed E-state index contributed by atoms with van der Waals surface area (Å²) in [6, 6.07) is 2.38. The average molecular weight is 256 g/mol. The van der Waals surface area contributed by atoms with Gasteiger partial charge in [0.25, 0.3) is 11.6 Å². The first-order valence-electron chi connectivity index (χ1n) is 4.73. The van der Waals surface area contributed by atoms with Gasteiger partial charge in [0.05, 0.1) is 11.0 Å². The largest absolute Gasteiger partial charge is 0.480 e. The molecule has 1 rings (SSSR count). The van der Waals surface area contributed by atoms with Gasteiger partial charge in [0.15, 0.2) is 0 Å². The van der Waals surface area contributed by atoms with Crippen molar-refractivity contribution in [1.29, 1.82) is 0 Å². The SMILES string of the molecule is CN(CC(=O)O)C(=O)c1cc(F)cc([N+](=O)[O-])c1. The van der Waals surface area contributed by atoms with Crippen LogP contribution in [0.1, 0.15) is 10.4 Å². The van der Waals surface area contributed by atoms with Gasteiger partial charge in [-0.25, -0.2) is 4.39 Å². The molecular weight excluding hydrogens is 247 g/mol. The Hall–Kier alpha value is -2.51. The molecule has 0 heterocycles. The van der Waals surface area contributed by atoms with E-state index in [1.807, 2.05) is 0 Å². The highest BCUT2D eigenvalue weighted by atomic mass is 19.1. The molecule has 0 spiro atoms. The molecule has 0 saturated carbocycles. The summed E-state index contributed by atoms with van der Waals surface area (Å²) in [5.74, 6) is -2.98. The number of halogens is 1. The summed E-state index contributed by atoms with van der Waals surface area (Å²) < 4.78 is 13.1. The second-order valence-corrected chi connectivity index (χ2v) is 3.51. The lowest BCUT2D eigenvalue weighted by Gasteiger charge is -2.14. The molecule has 0 aliphatic rings. The number of likely N-dealkylation sites (N-methyl/N-ethyl adjacent to an activating group) is 1. The maximum atomic E-state index is 13.1. The zero-order valence-electron chi connectivity index (χ0n) is 9.29. The van der Waals surface area contributed by atoms with Gasteiger partial charge >= 0.3 is 5.97 Å². The van der Waals surface area contributed by atoms with E-state index >= 15 is 0 Å². The number of hydrogen-bond acceptors (Lipinski definition) is 4. The number of nitro groups is 1. The highest BCUT2D eigenvalue weighted by Crippen LogP contribution is 2.17. The molecule has 0 aromatic heterocycles. The van der Waals surface area contributed by atoms with Gasteiger partial charge in [0, 0.05) is 18.7 Å². The first-order chi connectivity index (χ1) is 8.31. The minimum Gasteiger partial charge on any atom is -0.480 e. The van der Waals surface area contributed by atoms with Gasteiger partial charge in [-0.15, -0.1) is 0 Å². The number of rotatable bonds is 4. The van der Waals surface area contributed by atoms with Gasteiger partial charge in [-0.05, 0) is 6.07 Å². The number of carboxylic acids is 1. The van der Waals surface area contributed by atoms with E-state index in [0.717, 1.165) is 17.0 Å².